The molecule has 4 heterocycles. The molecule has 0 aliphatic carbocycles. The van der Waals surface area contributed by atoms with Gasteiger partial charge in [-0.3, -0.25) is 9.59 Å². The number of amides is 2. The summed E-state index contributed by atoms with van der Waals surface area (Å²) in [4.78, 5) is 31.3. The Morgan fingerprint density at radius 2 is 2.22 bits per heavy atom. The molecule has 2 amide bonds. The molecule has 2 atom stereocenters. The zero-order valence-electron chi connectivity index (χ0n) is 15.7. The number of carbonyl (C=O) groups excluding carboxylic acids is 2. The van der Waals surface area contributed by atoms with E-state index in [9.17, 15) is 9.59 Å². The summed E-state index contributed by atoms with van der Waals surface area (Å²) in [6.07, 6.45) is 3.91. The van der Waals surface area contributed by atoms with Crippen LogP contribution in [0.3, 0.4) is 0 Å². The van der Waals surface area contributed by atoms with Gasteiger partial charge in [0.15, 0.2) is 11.3 Å². The highest BCUT2D eigenvalue weighted by atomic mass is 16.3. The first-order valence-corrected chi connectivity index (χ1v) is 9.78. The molecule has 4 rings (SSSR count). The topological polar surface area (TPSA) is 87.5 Å². The van der Waals surface area contributed by atoms with Gasteiger partial charge in [-0.05, 0) is 57.2 Å². The Morgan fingerprint density at radius 1 is 1.33 bits per heavy atom. The maximum Gasteiger partial charge on any atom is 0.289 e. The molecule has 2 N–H and O–H groups in total. The van der Waals surface area contributed by atoms with Crippen molar-refractivity contribution >= 4 is 22.9 Å². The quantitative estimate of drug-likeness (QED) is 0.858. The van der Waals surface area contributed by atoms with Crippen molar-refractivity contribution < 1.29 is 14.0 Å². The van der Waals surface area contributed by atoms with Gasteiger partial charge in [-0.25, -0.2) is 4.98 Å². The Hall–Kier alpha value is -2.41. The van der Waals surface area contributed by atoms with E-state index in [4.69, 9.17) is 4.42 Å². The SMILES string of the molecule is Cc1ccc2oc(C(=O)N3CCCC(CNC(=O)C4CCCN4)C3)cc2n1. The van der Waals surface area contributed by atoms with Crippen LogP contribution in [0.4, 0.5) is 0 Å². The summed E-state index contributed by atoms with van der Waals surface area (Å²) < 4.78 is 5.71. The third-order valence-electron chi connectivity index (χ3n) is 5.47. The van der Waals surface area contributed by atoms with Gasteiger partial charge in [0, 0.05) is 31.4 Å². The molecule has 0 saturated carbocycles. The molecule has 7 nitrogen and oxygen atoms in total. The van der Waals surface area contributed by atoms with Crippen LogP contribution in [0.2, 0.25) is 0 Å². The van der Waals surface area contributed by atoms with Crippen molar-refractivity contribution in [2.75, 3.05) is 26.2 Å². The maximum absolute atomic E-state index is 12.9. The Labute approximate surface area is 158 Å². The molecule has 27 heavy (non-hydrogen) atoms. The van der Waals surface area contributed by atoms with Crippen molar-refractivity contribution in [2.45, 2.75) is 38.6 Å². The lowest BCUT2D eigenvalue weighted by Gasteiger charge is -2.32. The highest BCUT2D eigenvalue weighted by Crippen LogP contribution is 2.22. The zero-order valence-corrected chi connectivity index (χ0v) is 15.7. The molecule has 144 valence electrons. The van der Waals surface area contributed by atoms with Gasteiger partial charge in [-0.2, -0.15) is 0 Å². The summed E-state index contributed by atoms with van der Waals surface area (Å²) in [5.41, 5.74) is 2.24. The predicted octanol–water partition coefficient (Wildman–Crippen LogP) is 1.86. The number of furan rings is 1. The fourth-order valence-corrected chi connectivity index (χ4v) is 3.98. The number of hydrogen-bond acceptors (Lipinski definition) is 5. The predicted molar refractivity (Wildman–Crippen MR) is 101 cm³/mol. The molecule has 0 bridgehead atoms. The van der Waals surface area contributed by atoms with Crippen molar-refractivity contribution in [1.82, 2.24) is 20.5 Å². The smallest absolute Gasteiger partial charge is 0.289 e. The number of aromatic nitrogens is 1. The first kappa shape index (κ1) is 18.0. The molecule has 0 aromatic carbocycles. The van der Waals surface area contributed by atoms with E-state index in [1.165, 1.54) is 0 Å². The number of fused-ring (bicyclic) bond motifs is 1. The third kappa shape index (κ3) is 3.98. The summed E-state index contributed by atoms with van der Waals surface area (Å²) >= 11 is 0. The fourth-order valence-electron chi connectivity index (χ4n) is 3.98. The summed E-state index contributed by atoms with van der Waals surface area (Å²) in [5.74, 6) is 0.592. The Kier molecular flexibility index (Phi) is 5.11. The van der Waals surface area contributed by atoms with E-state index in [1.807, 2.05) is 24.0 Å². The van der Waals surface area contributed by atoms with Crippen LogP contribution in [0.5, 0.6) is 0 Å². The van der Waals surface area contributed by atoms with E-state index in [0.29, 0.717) is 29.9 Å². The lowest BCUT2D eigenvalue weighted by atomic mass is 9.97. The minimum Gasteiger partial charge on any atom is -0.449 e. The minimum atomic E-state index is -0.0980. The van der Waals surface area contributed by atoms with E-state index < -0.39 is 0 Å². The zero-order chi connectivity index (χ0) is 18.8. The highest BCUT2D eigenvalue weighted by Gasteiger charge is 2.28. The average molecular weight is 370 g/mol. The molecule has 7 heteroatoms. The summed E-state index contributed by atoms with van der Waals surface area (Å²) in [5, 5.41) is 6.26. The third-order valence-corrected chi connectivity index (χ3v) is 5.47. The first-order valence-electron chi connectivity index (χ1n) is 9.78. The Bertz CT molecular complexity index is 841. The van der Waals surface area contributed by atoms with Crippen molar-refractivity contribution in [3.63, 3.8) is 0 Å². The van der Waals surface area contributed by atoms with Crippen molar-refractivity contribution in [1.29, 1.82) is 0 Å². The molecule has 2 fully saturated rings. The van der Waals surface area contributed by atoms with Crippen LogP contribution in [-0.4, -0.2) is 53.9 Å². The number of nitrogens with zero attached hydrogens (tertiary/aromatic N) is 2. The summed E-state index contributed by atoms with van der Waals surface area (Å²) in [6, 6.07) is 5.39. The molecule has 2 saturated heterocycles. The number of rotatable bonds is 4. The molecule has 0 spiro atoms. The number of piperidine rings is 1. The average Bonchev–Trinajstić information content (AvgIpc) is 3.35. The maximum atomic E-state index is 12.9. The van der Waals surface area contributed by atoms with Gasteiger partial charge >= 0.3 is 0 Å². The molecule has 2 aliphatic rings. The summed E-state index contributed by atoms with van der Waals surface area (Å²) in [7, 11) is 0. The minimum absolute atomic E-state index is 0.0576. The molecule has 2 aromatic heterocycles. The Balaban J connectivity index is 1.36. The van der Waals surface area contributed by atoms with E-state index >= 15 is 0 Å². The molecule has 2 aromatic rings. The molecular formula is C20H26N4O3. The van der Waals surface area contributed by atoms with Gasteiger partial charge in [0.25, 0.3) is 5.91 Å². The van der Waals surface area contributed by atoms with E-state index in [1.54, 1.807) is 6.07 Å². The monoisotopic (exact) mass is 370 g/mol. The molecule has 2 unspecified atom stereocenters. The number of carbonyl (C=O) groups is 2. The second-order valence-electron chi connectivity index (χ2n) is 7.60. The number of likely N-dealkylation sites (tertiary alicyclic amines) is 1. The number of aryl methyl sites for hydroxylation is 1. The first-order chi connectivity index (χ1) is 13.1. The number of pyridine rings is 1. The normalized spacial score (nSPS) is 22.9. The number of nitrogens with one attached hydrogen (secondary N) is 2. The largest absolute Gasteiger partial charge is 0.449 e. The van der Waals surface area contributed by atoms with Crippen LogP contribution < -0.4 is 10.6 Å². The van der Waals surface area contributed by atoms with Crippen LogP contribution in [0.1, 0.15) is 41.9 Å². The summed E-state index contributed by atoms with van der Waals surface area (Å²) in [6.45, 7) is 4.80. The van der Waals surface area contributed by atoms with Gasteiger partial charge < -0.3 is 20.0 Å². The van der Waals surface area contributed by atoms with Gasteiger partial charge in [0.1, 0.15) is 5.52 Å². The van der Waals surface area contributed by atoms with Gasteiger partial charge in [-0.15, -0.1) is 0 Å². The van der Waals surface area contributed by atoms with E-state index in [2.05, 4.69) is 15.6 Å². The highest BCUT2D eigenvalue weighted by molar-refractivity contribution is 5.95. The van der Waals surface area contributed by atoms with Crippen molar-refractivity contribution in [3.8, 4) is 0 Å². The van der Waals surface area contributed by atoms with Crippen molar-refractivity contribution in [2.24, 2.45) is 5.92 Å². The second-order valence-corrected chi connectivity index (χ2v) is 7.60. The van der Waals surface area contributed by atoms with E-state index in [0.717, 1.165) is 44.5 Å². The van der Waals surface area contributed by atoms with Crippen LogP contribution in [0.15, 0.2) is 22.6 Å². The van der Waals surface area contributed by atoms with Crippen LogP contribution in [0.25, 0.3) is 11.1 Å². The van der Waals surface area contributed by atoms with E-state index in [-0.39, 0.29) is 23.8 Å². The van der Waals surface area contributed by atoms with Crippen LogP contribution >= 0.6 is 0 Å². The molecular weight excluding hydrogens is 344 g/mol. The molecule has 0 radical (unpaired) electrons. The fraction of sp³-hybridized carbons (Fsp3) is 0.550. The lowest BCUT2D eigenvalue weighted by molar-refractivity contribution is -0.123. The van der Waals surface area contributed by atoms with Crippen molar-refractivity contribution in [3.05, 3.63) is 29.7 Å². The van der Waals surface area contributed by atoms with Crippen LogP contribution in [0, 0.1) is 12.8 Å². The lowest BCUT2D eigenvalue weighted by Crippen LogP contribution is -2.46. The Morgan fingerprint density at radius 3 is 3.04 bits per heavy atom. The second kappa shape index (κ2) is 7.68. The standard InChI is InChI=1S/C20H26N4O3/c1-13-6-7-17-16(23-13)10-18(27-17)20(26)24-9-3-4-14(12-24)11-22-19(25)15-5-2-8-21-15/h6-7,10,14-15,21H,2-5,8-9,11-12H2,1H3,(H,22,25). The van der Waals surface area contributed by atoms with Gasteiger partial charge in [0.2, 0.25) is 5.91 Å². The number of hydrogen-bond donors (Lipinski definition) is 2. The van der Waals surface area contributed by atoms with Gasteiger partial charge in [0.05, 0.1) is 6.04 Å². The van der Waals surface area contributed by atoms with Gasteiger partial charge in [-0.1, -0.05) is 0 Å². The molecule has 2 aliphatic heterocycles. The van der Waals surface area contributed by atoms with Crippen LogP contribution in [-0.2, 0) is 4.79 Å².